The molecule has 1 N–H and O–H groups in total. The summed E-state index contributed by atoms with van der Waals surface area (Å²) in [5, 5.41) is 3.34. The normalized spacial score (nSPS) is 18.4. The van der Waals surface area contributed by atoms with E-state index in [1.807, 2.05) is 12.1 Å². The van der Waals surface area contributed by atoms with Crippen molar-refractivity contribution < 1.29 is 4.39 Å². The van der Waals surface area contributed by atoms with Crippen LogP contribution < -0.4 is 5.32 Å². The first-order valence-electron chi connectivity index (χ1n) is 6.10. The van der Waals surface area contributed by atoms with Gasteiger partial charge < -0.3 is 5.32 Å². The molecule has 17 heavy (non-hydrogen) atoms. The van der Waals surface area contributed by atoms with Crippen molar-refractivity contribution in [3.63, 3.8) is 0 Å². The highest BCUT2D eigenvalue weighted by Crippen LogP contribution is 2.09. The lowest BCUT2D eigenvalue weighted by atomic mass is 10.1. The summed E-state index contributed by atoms with van der Waals surface area (Å²) in [6, 6.07) is 6.64. The van der Waals surface area contributed by atoms with Gasteiger partial charge in [-0.1, -0.05) is 23.8 Å². The van der Waals surface area contributed by atoms with Crippen LogP contribution in [0, 0.1) is 5.82 Å². The zero-order valence-electron chi connectivity index (χ0n) is 10.2. The van der Waals surface area contributed by atoms with E-state index in [1.54, 1.807) is 0 Å². The monoisotopic (exact) mass is 234 g/mol. The van der Waals surface area contributed by atoms with E-state index in [-0.39, 0.29) is 5.82 Å². The van der Waals surface area contributed by atoms with Crippen molar-refractivity contribution in [1.29, 1.82) is 0 Å². The average molecular weight is 234 g/mol. The highest BCUT2D eigenvalue weighted by molar-refractivity contribution is 5.52. The second-order valence-electron chi connectivity index (χ2n) is 4.57. The molecule has 2 rings (SSSR count). The fourth-order valence-corrected chi connectivity index (χ4v) is 2.11. The third-order valence-electron chi connectivity index (χ3n) is 2.97. The molecule has 92 valence electrons. The van der Waals surface area contributed by atoms with Crippen LogP contribution in [-0.2, 0) is 0 Å². The summed E-state index contributed by atoms with van der Waals surface area (Å²) in [6.45, 7) is 7.49. The Labute approximate surface area is 102 Å². The van der Waals surface area contributed by atoms with Gasteiger partial charge in [-0.2, -0.15) is 0 Å². The summed E-state index contributed by atoms with van der Waals surface area (Å²) in [4.78, 5) is 2.44. The number of rotatable bonds is 3. The first kappa shape index (κ1) is 12.3. The Morgan fingerprint density at radius 2 is 1.94 bits per heavy atom. The lowest BCUT2D eigenvalue weighted by Gasteiger charge is -2.27. The third-order valence-corrected chi connectivity index (χ3v) is 2.97. The zero-order valence-corrected chi connectivity index (χ0v) is 10.2. The van der Waals surface area contributed by atoms with E-state index in [1.165, 1.54) is 17.7 Å². The maximum Gasteiger partial charge on any atom is 0.123 e. The van der Waals surface area contributed by atoms with Crippen LogP contribution in [0.5, 0.6) is 0 Å². The number of nitrogens with zero attached hydrogens (tertiary/aromatic N) is 1. The van der Waals surface area contributed by atoms with E-state index < -0.39 is 0 Å². The molecule has 0 aliphatic carbocycles. The van der Waals surface area contributed by atoms with E-state index >= 15 is 0 Å². The summed E-state index contributed by atoms with van der Waals surface area (Å²) in [6.07, 6.45) is 2.13. The SMILES string of the molecule is C/C(=C\c1ccc(F)cc1)CN1CCNCC1. The smallest absolute Gasteiger partial charge is 0.123 e. The molecule has 0 aromatic heterocycles. The molecule has 3 heteroatoms. The maximum absolute atomic E-state index is 12.8. The van der Waals surface area contributed by atoms with Gasteiger partial charge in [-0.05, 0) is 24.6 Å². The van der Waals surface area contributed by atoms with E-state index in [0.717, 1.165) is 38.3 Å². The Balaban J connectivity index is 1.93. The molecule has 1 aromatic rings. The van der Waals surface area contributed by atoms with Gasteiger partial charge in [0.05, 0.1) is 0 Å². The van der Waals surface area contributed by atoms with Crippen LogP contribution in [0.15, 0.2) is 29.8 Å². The minimum absolute atomic E-state index is 0.179. The second kappa shape index (κ2) is 5.94. The highest BCUT2D eigenvalue weighted by atomic mass is 19.1. The van der Waals surface area contributed by atoms with Crippen LogP contribution in [-0.4, -0.2) is 37.6 Å². The van der Waals surface area contributed by atoms with E-state index in [4.69, 9.17) is 0 Å². The molecule has 0 radical (unpaired) electrons. The van der Waals surface area contributed by atoms with Gasteiger partial charge in [-0.3, -0.25) is 4.90 Å². The molecule has 0 amide bonds. The Bertz CT molecular complexity index is 378. The molecule has 1 aliphatic heterocycles. The van der Waals surface area contributed by atoms with Crippen LogP contribution in [0.2, 0.25) is 0 Å². The van der Waals surface area contributed by atoms with E-state index in [9.17, 15) is 4.39 Å². The summed E-state index contributed by atoms with van der Waals surface area (Å²) in [5.74, 6) is -0.179. The second-order valence-corrected chi connectivity index (χ2v) is 4.57. The molecule has 0 atom stereocenters. The first-order chi connectivity index (χ1) is 8.24. The first-order valence-corrected chi connectivity index (χ1v) is 6.10. The molecular weight excluding hydrogens is 215 g/mol. The Hall–Kier alpha value is -1.19. The minimum Gasteiger partial charge on any atom is -0.314 e. The predicted molar refractivity (Wildman–Crippen MR) is 69.4 cm³/mol. The predicted octanol–water partition coefficient (Wildman–Crippen LogP) is 2.13. The highest BCUT2D eigenvalue weighted by Gasteiger charge is 2.09. The van der Waals surface area contributed by atoms with Gasteiger partial charge in [0.2, 0.25) is 0 Å². The van der Waals surface area contributed by atoms with Crippen LogP contribution in [0.4, 0.5) is 4.39 Å². The fraction of sp³-hybridized carbons (Fsp3) is 0.429. The van der Waals surface area contributed by atoms with Crippen molar-refractivity contribution in [2.24, 2.45) is 0 Å². The third kappa shape index (κ3) is 3.95. The van der Waals surface area contributed by atoms with E-state index in [0.29, 0.717) is 0 Å². The van der Waals surface area contributed by atoms with Crippen LogP contribution in [0.1, 0.15) is 12.5 Å². The molecule has 1 aromatic carbocycles. The van der Waals surface area contributed by atoms with Gasteiger partial charge in [0.1, 0.15) is 5.82 Å². The number of nitrogens with one attached hydrogen (secondary N) is 1. The van der Waals surface area contributed by atoms with Crippen molar-refractivity contribution >= 4 is 6.08 Å². The number of hydrogen-bond donors (Lipinski definition) is 1. The molecule has 1 fully saturated rings. The van der Waals surface area contributed by atoms with Gasteiger partial charge in [0.15, 0.2) is 0 Å². The largest absolute Gasteiger partial charge is 0.314 e. The molecule has 1 saturated heterocycles. The van der Waals surface area contributed by atoms with Crippen molar-refractivity contribution in [2.45, 2.75) is 6.92 Å². The van der Waals surface area contributed by atoms with Gasteiger partial charge in [0.25, 0.3) is 0 Å². The summed E-state index contributed by atoms with van der Waals surface area (Å²) in [7, 11) is 0. The summed E-state index contributed by atoms with van der Waals surface area (Å²) >= 11 is 0. The quantitative estimate of drug-likeness (QED) is 0.862. The average Bonchev–Trinajstić information content (AvgIpc) is 2.33. The van der Waals surface area contributed by atoms with Crippen LogP contribution in [0.25, 0.3) is 6.08 Å². The number of piperazine rings is 1. The lowest BCUT2D eigenvalue weighted by Crippen LogP contribution is -2.43. The van der Waals surface area contributed by atoms with Crippen LogP contribution >= 0.6 is 0 Å². The van der Waals surface area contributed by atoms with Crippen molar-refractivity contribution in [3.05, 3.63) is 41.2 Å². The van der Waals surface area contributed by atoms with Crippen molar-refractivity contribution in [3.8, 4) is 0 Å². The van der Waals surface area contributed by atoms with Crippen molar-refractivity contribution in [2.75, 3.05) is 32.7 Å². The number of hydrogen-bond acceptors (Lipinski definition) is 2. The van der Waals surface area contributed by atoms with Crippen LogP contribution in [0.3, 0.4) is 0 Å². The van der Waals surface area contributed by atoms with Gasteiger partial charge in [-0.15, -0.1) is 0 Å². The Kier molecular flexibility index (Phi) is 4.29. The summed E-state index contributed by atoms with van der Waals surface area (Å²) < 4.78 is 12.8. The topological polar surface area (TPSA) is 15.3 Å². The number of benzene rings is 1. The van der Waals surface area contributed by atoms with Gasteiger partial charge in [-0.25, -0.2) is 4.39 Å². The van der Waals surface area contributed by atoms with Gasteiger partial charge >= 0.3 is 0 Å². The lowest BCUT2D eigenvalue weighted by molar-refractivity contribution is 0.260. The Morgan fingerprint density at radius 1 is 1.29 bits per heavy atom. The molecule has 1 heterocycles. The van der Waals surface area contributed by atoms with E-state index in [2.05, 4.69) is 23.2 Å². The molecular formula is C14H19FN2. The fourth-order valence-electron chi connectivity index (χ4n) is 2.11. The number of halogens is 1. The van der Waals surface area contributed by atoms with Crippen molar-refractivity contribution in [1.82, 2.24) is 10.2 Å². The zero-order chi connectivity index (χ0) is 12.1. The molecule has 1 aliphatic rings. The molecule has 2 nitrogen and oxygen atoms in total. The molecule has 0 bridgehead atoms. The molecule has 0 unspecified atom stereocenters. The maximum atomic E-state index is 12.8. The molecule has 0 saturated carbocycles. The van der Waals surface area contributed by atoms with Gasteiger partial charge in [0, 0.05) is 32.7 Å². The minimum atomic E-state index is -0.179. The Morgan fingerprint density at radius 3 is 2.59 bits per heavy atom. The molecule has 0 spiro atoms. The standard InChI is InChI=1S/C14H19FN2/c1-12(11-17-8-6-16-7-9-17)10-13-2-4-14(15)5-3-13/h2-5,10,16H,6-9,11H2,1H3/b12-10+. The summed E-state index contributed by atoms with van der Waals surface area (Å²) in [5.41, 5.74) is 2.39.